The molecule has 0 bridgehead atoms. The van der Waals surface area contributed by atoms with Crippen molar-refractivity contribution < 1.29 is 38.5 Å². The number of aliphatic carboxylic acids is 1. The maximum absolute atomic E-state index is 13.3. The number of pyridine rings is 1. The molecule has 0 unspecified atom stereocenters. The van der Waals surface area contributed by atoms with Crippen LogP contribution in [0.3, 0.4) is 0 Å². The number of thiazole rings is 1. The standard InChI is InChI=1S/C28H30N8O7S/c1-28(2,26(29)42)43-33-19(17-13-44-27(30)31-17)22(37)32-20-18-7-6-14(21(25(40)41)36(18)24(20)39)11-15-8-10-35(23(15)38)16-5-4-9-34(3)12-16/h4-5,9,11-13,18,20H,6-8,10H2,1-3H3,(H5-,29,30,31,32,37,40,41,42)/b15-11?,33-19-/t18-,20+/m1/s1. The molecular weight excluding hydrogens is 592 g/mol. The number of carbonyl (C=O) groups excluding carboxylic acids is 5. The van der Waals surface area contributed by atoms with Crippen LogP contribution in [0.2, 0.25) is 0 Å². The number of nitrogens with two attached hydrogens (primary N) is 2. The van der Waals surface area contributed by atoms with Gasteiger partial charge in [-0.25, -0.2) is 9.55 Å². The molecular formula is C28H30N8O7S. The monoisotopic (exact) mass is 622 g/mol. The highest BCUT2D eigenvalue weighted by Crippen LogP contribution is 2.38. The zero-order valence-electron chi connectivity index (χ0n) is 24.1. The number of amides is 4. The summed E-state index contributed by atoms with van der Waals surface area (Å²) in [7, 11) is 1.84. The summed E-state index contributed by atoms with van der Waals surface area (Å²) in [5, 5.41) is 20.2. The zero-order chi connectivity index (χ0) is 31.9. The summed E-state index contributed by atoms with van der Waals surface area (Å²) in [5.74, 6) is -4.19. The van der Waals surface area contributed by atoms with Gasteiger partial charge in [0.25, 0.3) is 23.6 Å². The van der Waals surface area contributed by atoms with Gasteiger partial charge in [-0.05, 0) is 50.8 Å². The number of anilines is 2. The van der Waals surface area contributed by atoms with Crippen molar-refractivity contribution >= 4 is 57.5 Å². The third-order valence-electron chi connectivity index (χ3n) is 7.60. The molecule has 15 nitrogen and oxygen atoms in total. The first-order chi connectivity index (χ1) is 20.8. The minimum absolute atomic E-state index is 0.0429. The van der Waals surface area contributed by atoms with E-state index in [1.165, 1.54) is 25.3 Å². The number of rotatable bonds is 9. The van der Waals surface area contributed by atoms with Gasteiger partial charge >= 0.3 is 0 Å². The van der Waals surface area contributed by atoms with Gasteiger partial charge < -0.3 is 41.3 Å². The average molecular weight is 623 g/mol. The highest BCUT2D eigenvalue weighted by atomic mass is 32.1. The zero-order valence-corrected chi connectivity index (χ0v) is 24.9. The quantitative estimate of drug-likeness (QED) is 0.0962. The molecule has 230 valence electrons. The van der Waals surface area contributed by atoms with E-state index in [4.69, 9.17) is 16.3 Å². The van der Waals surface area contributed by atoms with Crippen molar-refractivity contribution in [3.8, 4) is 0 Å². The van der Waals surface area contributed by atoms with Gasteiger partial charge in [-0.15, -0.1) is 11.3 Å². The number of nitrogen functional groups attached to an aromatic ring is 1. The van der Waals surface area contributed by atoms with Crippen LogP contribution in [0.25, 0.3) is 0 Å². The molecule has 44 heavy (non-hydrogen) atoms. The number of β-lactam (4-membered cyclic amide) rings is 1. The van der Waals surface area contributed by atoms with E-state index < -0.39 is 41.4 Å². The van der Waals surface area contributed by atoms with Gasteiger partial charge in [-0.3, -0.25) is 19.2 Å². The van der Waals surface area contributed by atoms with E-state index in [0.29, 0.717) is 36.2 Å². The first kappa shape index (κ1) is 30.3. The van der Waals surface area contributed by atoms with Crippen molar-refractivity contribution in [1.82, 2.24) is 15.2 Å². The second-order valence-electron chi connectivity index (χ2n) is 11.0. The summed E-state index contributed by atoms with van der Waals surface area (Å²) in [4.78, 5) is 75.6. The summed E-state index contributed by atoms with van der Waals surface area (Å²) in [6, 6.07) is 1.86. The second-order valence-corrected chi connectivity index (χ2v) is 11.9. The Morgan fingerprint density at radius 3 is 2.68 bits per heavy atom. The Labute approximate surface area is 255 Å². The number of primary amides is 1. The molecule has 0 aromatic carbocycles. The molecule has 0 saturated carbocycles. The minimum Gasteiger partial charge on any atom is -0.543 e. The van der Waals surface area contributed by atoms with Crippen LogP contribution in [-0.4, -0.2) is 69.4 Å². The van der Waals surface area contributed by atoms with Gasteiger partial charge in [0.05, 0.1) is 17.7 Å². The van der Waals surface area contributed by atoms with Crippen LogP contribution in [0, 0.1) is 0 Å². The lowest BCUT2D eigenvalue weighted by Crippen LogP contribution is -2.72. The van der Waals surface area contributed by atoms with Crippen LogP contribution >= 0.6 is 11.3 Å². The molecule has 0 radical (unpaired) electrons. The number of hydrogen-bond acceptors (Lipinski definition) is 11. The molecule has 3 aliphatic rings. The fourth-order valence-electron chi connectivity index (χ4n) is 5.17. The van der Waals surface area contributed by atoms with Crippen LogP contribution in [0.4, 0.5) is 10.8 Å². The van der Waals surface area contributed by atoms with Gasteiger partial charge in [0, 0.05) is 23.6 Å². The normalized spacial score (nSPS) is 21.3. The molecule has 16 heteroatoms. The number of fused-ring (bicyclic) bond motifs is 1. The van der Waals surface area contributed by atoms with Crippen LogP contribution < -0.4 is 31.4 Å². The predicted octanol–water partition coefficient (Wildman–Crippen LogP) is -1.61. The first-order valence-corrected chi connectivity index (χ1v) is 14.5. The third-order valence-corrected chi connectivity index (χ3v) is 8.28. The number of carboxylic acid groups (broad SMARTS) is 1. The number of allylic oxidation sites excluding steroid dienone is 2. The topological polar surface area (TPSA) is 217 Å². The van der Waals surface area contributed by atoms with Crippen molar-refractivity contribution in [3.63, 3.8) is 0 Å². The molecule has 5 N–H and O–H groups in total. The molecule has 4 amide bonds. The number of carbonyl (C=O) groups is 5. The number of aryl methyl sites for hydroxylation is 1. The first-order valence-electron chi connectivity index (χ1n) is 13.6. The molecule has 3 aliphatic heterocycles. The lowest BCUT2D eigenvalue weighted by Gasteiger charge is -2.51. The van der Waals surface area contributed by atoms with Crippen molar-refractivity contribution in [2.75, 3.05) is 17.2 Å². The van der Waals surface area contributed by atoms with E-state index in [2.05, 4.69) is 15.5 Å². The van der Waals surface area contributed by atoms with Crippen LogP contribution in [0.15, 0.2) is 58.0 Å². The molecule has 5 rings (SSSR count). The Morgan fingerprint density at radius 1 is 1.30 bits per heavy atom. The van der Waals surface area contributed by atoms with E-state index >= 15 is 0 Å². The molecule has 2 atom stereocenters. The van der Waals surface area contributed by atoms with Gasteiger partial charge in [-0.1, -0.05) is 5.16 Å². The maximum atomic E-state index is 13.3. The molecule has 2 aromatic heterocycles. The number of aromatic nitrogens is 2. The van der Waals surface area contributed by atoms with Crippen molar-refractivity contribution in [2.45, 2.75) is 50.8 Å². The van der Waals surface area contributed by atoms with E-state index in [-0.39, 0.29) is 34.6 Å². The lowest BCUT2D eigenvalue weighted by atomic mass is 9.82. The Hall–Kier alpha value is -5.12. The summed E-state index contributed by atoms with van der Waals surface area (Å²) in [6.45, 7) is 3.15. The van der Waals surface area contributed by atoms with Crippen molar-refractivity contribution in [1.29, 1.82) is 0 Å². The van der Waals surface area contributed by atoms with Crippen LogP contribution in [0.5, 0.6) is 0 Å². The van der Waals surface area contributed by atoms with Gasteiger partial charge in [-0.2, -0.15) is 0 Å². The number of carboxylic acids is 1. The molecule has 0 spiro atoms. The number of hydrogen-bond donors (Lipinski definition) is 3. The van der Waals surface area contributed by atoms with E-state index in [1.54, 1.807) is 4.90 Å². The number of nitrogens with one attached hydrogen (secondary N) is 1. The predicted molar refractivity (Wildman–Crippen MR) is 154 cm³/mol. The smallest absolute Gasteiger partial charge is 0.276 e. The van der Waals surface area contributed by atoms with Crippen LogP contribution in [0.1, 0.15) is 38.8 Å². The van der Waals surface area contributed by atoms with Gasteiger partial charge in [0.15, 0.2) is 23.2 Å². The highest BCUT2D eigenvalue weighted by molar-refractivity contribution is 7.13. The third kappa shape index (κ3) is 5.62. The molecule has 2 aromatic rings. The van der Waals surface area contributed by atoms with E-state index in [0.717, 1.165) is 16.2 Å². The Balaban J connectivity index is 1.36. The van der Waals surface area contributed by atoms with Gasteiger partial charge in [0.1, 0.15) is 24.5 Å². The van der Waals surface area contributed by atoms with E-state index in [9.17, 15) is 29.1 Å². The van der Waals surface area contributed by atoms with Crippen molar-refractivity contribution in [3.05, 3.63) is 58.5 Å². The van der Waals surface area contributed by atoms with Gasteiger partial charge in [0.2, 0.25) is 5.60 Å². The molecule has 2 fully saturated rings. The maximum Gasteiger partial charge on any atom is 0.276 e. The number of nitrogens with zero attached hydrogens (tertiary/aromatic N) is 5. The molecule has 5 heterocycles. The molecule has 0 aliphatic carbocycles. The highest BCUT2D eigenvalue weighted by Gasteiger charge is 2.52. The molecule has 2 saturated heterocycles. The minimum atomic E-state index is -1.57. The largest absolute Gasteiger partial charge is 0.543 e. The summed E-state index contributed by atoms with van der Waals surface area (Å²) >= 11 is 1.03. The van der Waals surface area contributed by atoms with E-state index in [1.807, 2.05) is 36.1 Å². The fourth-order valence-corrected chi connectivity index (χ4v) is 5.72. The van der Waals surface area contributed by atoms with Crippen molar-refractivity contribution in [2.24, 2.45) is 17.9 Å². The summed E-state index contributed by atoms with van der Waals surface area (Å²) in [5.41, 5.74) is 10.3. The number of oxime groups is 1. The Morgan fingerprint density at radius 2 is 2.05 bits per heavy atom. The summed E-state index contributed by atoms with van der Waals surface area (Å²) in [6.07, 6.45) is 6.11. The second kappa shape index (κ2) is 11.5. The lowest BCUT2D eigenvalue weighted by molar-refractivity contribution is -0.670. The summed E-state index contributed by atoms with van der Waals surface area (Å²) < 4.78 is 1.82. The fraction of sp³-hybridized carbons (Fsp3) is 0.357. The Bertz CT molecular complexity index is 1680. The average Bonchev–Trinajstić information content (AvgIpc) is 3.56. The Kier molecular flexibility index (Phi) is 7.94. The SMILES string of the molecule is C[n+]1cccc(N2CCC(=CC3=C(C(=O)[O-])N4C(=O)[C@@H](NC(=O)/C(=N\OC(C)(C)C(N)=O)c5csc(N)n5)[C@H]4CC3)C2=O)c1. The van der Waals surface area contributed by atoms with Crippen LogP contribution in [-0.2, 0) is 35.9 Å².